The Morgan fingerprint density at radius 2 is 1.31 bits per heavy atom. The van der Waals surface area contributed by atoms with Gasteiger partial charge in [0, 0.05) is 18.4 Å². The van der Waals surface area contributed by atoms with Gasteiger partial charge in [0.05, 0.1) is 14.1 Å². The number of carbonyl (C=O) groups excluding carboxylic acids is 1. The molecule has 4 nitrogen and oxygen atoms in total. The average Bonchev–Trinajstić information content (AvgIpc) is 2.93. The van der Waals surface area contributed by atoms with Crippen molar-refractivity contribution in [3.63, 3.8) is 0 Å². The summed E-state index contributed by atoms with van der Waals surface area (Å²) >= 11 is 0. The summed E-state index contributed by atoms with van der Waals surface area (Å²) in [5.41, 5.74) is 2.56. The van der Waals surface area contributed by atoms with Gasteiger partial charge in [0.2, 0.25) is 6.29 Å². The Hall–Kier alpha value is -2.33. The minimum absolute atomic E-state index is 0.179. The topological polar surface area (TPSA) is 35.5 Å². The minimum Gasteiger partial charge on any atom is -0.455 e. The molecule has 2 unspecified atom stereocenters. The summed E-state index contributed by atoms with van der Waals surface area (Å²) in [5.74, 6) is 0.578. The van der Waals surface area contributed by atoms with Crippen molar-refractivity contribution in [2.45, 2.75) is 130 Å². The number of likely N-dealkylation sites (N-methyl/N-ethyl adjacent to an activating group) is 1. The number of nitrogens with zero attached hydrogens (tertiary/aromatic N) is 1. The van der Waals surface area contributed by atoms with Crippen LogP contribution in [0.5, 0.6) is 5.75 Å². The first-order chi connectivity index (χ1) is 18.9. The Morgan fingerprint density at radius 3 is 1.87 bits per heavy atom. The molecule has 0 saturated carbocycles. The highest BCUT2D eigenvalue weighted by atomic mass is 16.7. The monoisotopic (exact) mass is 538 g/mol. The Labute approximate surface area is 239 Å². The number of benzene rings is 2. The second kappa shape index (κ2) is 18.9. The van der Waals surface area contributed by atoms with Gasteiger partial charge in [-0.05, 0) is 37.0 Å². The van der Waals surface area contributed by atoms with E-state index in [1.54, 1.807) is 0 Å². The third-order valence-corrected chi connectivity index (χ3v) is 7.70. The molecule has 0 N–H and O–H groups in total. The van der Waals surface area contributed by atoms with Crippen molar-refractivity contribution in [2.75, 3.05) is 14.1 Å². The molecule has 0 saturated heterocycles. The van der Waals surface area contributed by atoms with Gasteiger partial charge in [-0.25, -0.2) is 4.79 Å². The number of ether oxygens (including phenoxy) is 2. The molecule has 0 heterocycles. The number of rotatable bonds is 21. The molecule has 2 aromatic carbocycles. The van der Waals surface area contributed by atoms with Crippen LogP contribution in [0.25, 0.3) is 0 Å². The number of esters is 1. The molecule has 2 aromatic rings. The van der Waals surface area contributed by atoms with E-state index in [9.17, 15) is 4.79 Å². The fourth-order valence-electron chi connectivity index (χ4n) is 5.29. The van der Waals surface area contributed by atoms with E-state index in [2.05, 4.69) is 52.2 Å². The van der Waals surface area contributed by atoms with E-state index in [1.807, 2.05) is 37.3 Å². The van der Waals surface area contributed by atoms with Gasteiger partial charge in [0.25, 0.3) is 0 Å². The highest BCUT2D eigenvalue weighted by molar-refractivity contribution is 5.74. The van der Waals surface area contributed by atoms with E-state index in [4.69, 9.17) is 9.47 Å². The van der Waals surface area contributed by atoms with Crippen LogP contribution in [-0.4, -0.2) is 36.9 Å². The zero-order chi connectivity index (χ0) is 28.3. The number of aryl methyl sites for hydroxylation is 1. The third-order valence-electron chi connectivity index (χ3n) is 7.70. The molecule has 4 heteroatoms. The first-order valence-corrected chi connectivity index (χ1v) is 15.7. The third kappa shape index (κ3) is 13.0. The van der Waals surface area contributed by atoms with Gasteiger partial charge in [0.1, 0.15) is 12.3 Å². The molecule has 0 radical (unpaired) electrons. The summed E-state index contributed by atoms with van der Waals surface area (Å²) in [6.07, 6.45) is 16.4. The maximum absolute atomic E-state index is 13.3. The van der Waals surface area contributed by atoms with Crippen molar-refractivity contribution >= 4 is 5.97 Å². The van der Waals surface area contributed by atoms with Crippen molar-refractivity contribution in [2.24, 2.45) is 0 Å². The molecule has 0 amide bonds. The summed E-state index contributed by atoms with van der Waals surface area (Å²) in [7, 11) is 4.23. The van der Waals surface area contributed by atoms with Gasteiger partial charge in [-0.15, -0.1) is 0 Å². The summed E-state index contributed by atoms with van der Waals surface area (Å²) < 4.78 is 12.6. The smallest absolute Gasteiger partial charge is 0.368 e. The number of quaternary nitrogens is 1. The summed E-state index contributed by atoms with van der Waals surface area (Å²) in [5, 5.41) is 0. The summed E-state index contributed by atoms with van der Waals surface area (Å²) in [4.78, 5) is 13.3. The molecule has 2 atom stereocenters. The minimum atomic E-state index is -0.582. The SMILES string of the molecule is CCCCCCCCCCCCc1ccc(OC(CC)OC(=O)C(CCC)[N+](C)(C)Cc2ccccc2)cc1. The molecule has 0 aliphatic heterocycles. The van der Waals surface area contributed by atoms with Crippen molar-refractivity contribution in [3.8, 4) is 5.75 Å². The van der Waals surface area contributed by atoms with Crippen LogP contribution < -0.4 is 4.74 Å². The second-order valence-electron chi connectivity index (χ2n) is 11.7. The van der Waals surface area contributed by atoms with Crippen molar-refractivity contribution in [3.05, 3.63) is 65.7 Å². The zero-order valence-corrected chi connectivity index (χ0v) is 25.6. The maximum atomic E-state index is 13.3. The predicted octanol–water partition coefficient (Wildman–Crippen LogP) is 9.25. The Morgan fingerprint density at radius 1 is 0.718 bits per heavy atom. The van der Waals surface area contributed by atoms with Gasteiger partial charge in [-0.1, -0.05) is 121 Å². The quantitative estimate of drug-likeness (QED) is 0.0687. The molecule has 0 fully saturated rings. The normalized spacial score (nSPS) is 13.2. The van der Waals surface area contributed by atoms with E-state index >= 15 is 0 Å². The molecule has 0 aliphatic carbocycles. The molecule has 0 spiro atoms. The summed E-state index contributed by atoms with van der Waals surface area (Å²) in [6.45, 7) is 7.17. The van der Waals surface area contributed by atoms with Crippen LogP contribution in [0.1, 0.15) is 115 Å². The molecule has 0 bridgehead atoms. The number of unbranched alkanes of at least 4 members (excludes halogenated alkanes) is 9. The van der Waals surface area contributed by atoms with Crippen LogP contribution in [0.3, 0.4) is 0 Å². The number of hydrogen-bond donors (Lipinski definition) is 0. The van der Waals surface area contributed by atoms with Gasteiger partial charge in [-0.2, -0.15) is 0 Å². The van der Waals surface area contributed by atoms with E-state index in [1.165, 1.54) is 75.3 Å². The van der Waals surface area contributed by atoms with Crippen molar-refractivity contribution in [1.29, 1.82) is 0 Å². The Balaban J connectivity index is 1.78. The maximum Gasteiger partial charge on any atom is 0.368 e. The zero-order valence-electron chi connectivity index (χ0n) is 25.6. The lowest BCUT2D eigenvalue weighted by molar-refractivity contribution is -0.920. The lowest BCUT2D eigenvalue weighted by Gasteiger charge is -2.37. The van der Waals surface area contributed by atoms with Gasteiger partial charge >= 0.3 is 5.97 Å². The summed E-state index contributed by atoms with van der Waals surface area (Å²) in [6, 6.07) is 18.4. The van der Waals surface area contributed by atoms with E-state index in [0.29, 0.717) is 10.9 Å². The number of carbonyl (C=O) groups is 1. The average molecular weight is 539 g/mol. The molecule has 218 valence electrons. The van der Waals surface area contributed by atoms with E-state index in [0.717, 1.165) is 31.6 Å². The highest BCUT2D eigenvalue weighted by Gasteiger charge is 2.37. The standard InChI is InChI=1S/C35H56NO3/c1-6-9-10-11-12-13-14-15-16-18-22-30-25-27-32(28-26-30)38-34(8-3)39-35(37)33(21-7-2)36(4,5)29-31-23-19-17-20-24-31/h17,19-20,23-28,33-34H,6-16,18,21-22,29H2,1-5H3/q+1. The predicted molar refractivity (Wildman–Crippen MR) is 164 cm³/mol. The van der Waals surface area contributed by atoms with E-state index in [-0.39, 0.29) is 12.0 Å². The number of hydrogen-bond acceptors (Lipinski definition) is 3. The van der Waals surface area contributed by atoms with Crippen LogP contribution in [0.15, 0.2) is 54.6 Å². The van der Waals surface area contributed by atoms with Crippen molar-refractivity contribution < 1.29 is 18.8 Å². The van der Waals surface area contributed by atoms with Gasteiger partial charge in [-0.3, -0.25) is 0 Å². The van der Waals surface area contributed by atoms with Gasteiger partial charge in [0.15, 0.2) is 6.04 Å². The fourth-order valence-corrected chi connectivity index (χ4v) is 5.29. The second-order valence-corrected chi connectivity index (χ2v) is 11.7. The van der Waals surface area contributed by atoms with Crippen LogP contribution in [-0.2, 0) is 22.5 Å². The van der Waals surface area contributed by atoms with Crippen LogP contribution in [0.4, 0.5) is 0 Å². The fraction of sp³-hybridized carbons (Fsp3) is 0.629. The van der Waals surface area contributed by atoms with Crippen LogP contribution >= 0.6 is 0 Å². The first kappa shape index (κ1) is 32.9. The van der Waals surface area contributed by atoms with Gasteiger partial charge < -0.3 is 14.0 Å². The highest BCUT2D eigenvalue weighted by Crippen LogP contribution is 2.22. The Kier molecular flexibility index (Phi) is 15.9. The molecular formula is C35H56NO3+. The van der Waals surface area contributed by atoms with Crippen molar-refractivity contribution in [1.82, 2.24) is 0 Å². The molecular weight excluding hydrogens is 482 g/mol. The van der Waals surface area contributed by atoms with Crippen LogP contribution in [0, 0.1) is 0 Å². The first-order valence-electron chi connectivity index (χ1n) is 15.7. The van der Waals surface area contributed by atoms with E-state index < -0.39 is 6.29 Å². The Bertz CT molecular complexity index is 894. The van der Waals surface area contributed by atoms with Crippen LogP contribution in [0.2, 0.25) is 0 Å². The lowest BCUT2D eigenvalue weighted by Crippen LogP contribution is -2.53. The lowest BCUT2D eigenvalue weighted by atomic mass is 10.0. The molecule has 0 aromatic heterocycles. The molecule has 0 aliphatic rings. The molecule has 2 rings (SSSR count). The molecule has 39 heavy (non-hydrogen) atoms. The largest absolute Gasteiger partial charge is 0.455 e.